The molecule has 2 aromatic heterocycles. The summed E-state index contributed by atoms with van der Waals surface area (Å²) >= 11 is 0. The number of carbonyl (C=O) groups excluding carboxylic acids is 1. The molecule has 4 N–H and O–H groups in total. The third-order valence-electron chi connectivity index (χ3n) is 6.42. The lowest BCUT2D eigenvalue weighted by Crippen LogP contribution is -2.39. The van der Waals surface area contributed by atoms with Crippen molar-refractivity contribution in [2.75, 3.05) is 43.9 Å². The summed E-state index contributed by atoms with van der Waals surface area (Å²) in [6.07, 6.45) is 5.66. The molecule has 0 aliphatic rings. The van der Waals surface area contributed by atoms with Crippen molar-refractivity contribution in [2.45, 2.75) is 52.0 Å². The summed E-state index contributed by atoms with van der Waals surface area (Å²) in [6, 6.07) is 10.9. The van der Waals surface area contributed by atoms with E-state index in [0.717, 1.165) is 49.3 Å². The van der Waals surface area contributed by atoms with Crippen molar-refractivity contribution < 1.29 is 14.7 Å². The van der Waals surface area contributed by atoms with Gasteiger partial charge in [-0.05, 0) is 62.4 Å². The van der Waals surface area contributed by atoms with E-state index in [4.69, 9.17) is 4.98 Å². The third-order valence-corrected chi connectivity index (χ3v) is 6.42. The average molecular weight is 522 g/mol. The maximum atomic E-state index is 12.0. The number of carbonyl (C=O) groups is 2. The van der Waals surface area contributed by atoms with Crippen LogP contribution >= 0.6 is 0 Å². The van der Waals surface area contributed by atoms with Crippen LogP contribution in [0.3, 0.4) is 0 Å². The van der Waals surface area contributed by atoms with Crippen LogP contribution in [-0.2, 0) is 22.4 Å². The molecule has 3 rings (SSSR count). The standard InChI is InChI=1S/C28H39N7O3/c1-4-21-12-13-22(32-27(21)29-3)9-7-8-16-35(18-15-30-20(2)36)17-14-25(28(37)38)34-26-19-31-23-10-5-6-11-24(23)33-26/h5-6,10-13,19,25H,4,7-9,14-18H2,1-3H3,(H,29,32)(H,30,36)(H,33,34)(H,37,38). The molecule has 0 bridgehead atoms. The molecule has 3 aromatic rings. The number of pyridine rings is 1. The zero-order chi connectivity index (χ0) is 27.3. The molecule has 0 fully saturated rings. The lowest BCUT2D eigenvalue weighted by molar-refractivity contribution is -0.138. The first-order valence-electron chi connectivity index (χ1n) is 13.2. The molecule has 1 aromatic carbocycles. The van der Waals surface area contributed by atoms with E-state index in [0.29, 0.717) is 37.4 Å². The topological polar surface area (TPSA) is 132 Å². The highest BCUT2D eigenvalue weighted by molar-refractivity contribution is 5.79. The Hall–Kier alpha value is -3.79. The highest BCUT2D eigenvalue weighted by atomic mass is 16.4. The summed E-state index contributed by atoms with van der Waals surface area (Å²) in [5, 5.41) is 18.9. The first-order valence-corrected chi connectivity index (χ1v) is 13.2. The molecular weight excluding hydrogens is 482 g/mol. The molecule has 10 nitrogen and oxygen atoms in total. The second-order valence-corrected chi connectivity index (χ2v) is 9.26. The predicted molar refractivity (Wildman–Crippen MR) is 150 cm³/mol. The van der Waals surface area contributed by atoms with Gasteiger partial charge in [0.15, 0.2) is 0 Å². The van der Waals surface area contributed by atoms with Gasteiger partial charge in [-0.25, -0.2) is 14.8 Å². The summed E-state index contributed by atoms with van der Waals surface area (Å²) in [4.78, 5) is 39.1. The molecule has 204 valence electrons. The molecule has 0 saturated heterocycles. The van der Waals surface area contributed by atoms with Crippen LogP contribution in [0.15, 0.2) is 42.6 Å². The van der Waals surface area contributed by atoms with Crippen LogP contribution in [0.4, 0.5) is 11.6 Å². The maximum Gasteiger partial charge on any atom is 0.326 e. The smallest absolute Gasteiger partial charge is 0.326 e. The lowest BCUT2D eigenvalue weighted by atomic mass is 10.1. The summed E-state index contributed by atoms with van der Waals surface area (Å²) in [5.41, 5.74) is 3.73. The lowest BCUT2D eigenvalue weighted by Gasteiger charge is -2.24. The molecule has 1 amide bonds. The van der Waals surface area contributed by atoms with Gasteiger partial charge in [-0.1, -0.05) is 25.1 Å². The van der Waals surface area contributed by atoms with E-state index >= 15 is 0 Å². The minimum atomic E-state index is -0.941. The van der Waals surface area contributed by atoms with Gasteiger partial charge in [0, 0.05) is 39.3 Å². The van der Waals surface area contributed by atoms with E-state index in [9.17, 15) is 14.7 Å². The fraction of sp³-hybridized carbons (Fsp3) is 0.464. The molecule has 0 saturated carbocycles. The number of para-hydroxylation sites is 2. The Kier molecular flexibility index (Phi) is 11.2. The molecule has 0 spiro atoms. The Morgan fingerprint density at radius 1 is 1.03 bits per heavy atom. The van der Waals surface area contributed by atoms with Gasteiger partial charge in [-0.3, -0.25) is 9.78 Å². The quantitative estimate of drug-likeness (QED) is 0.210. The molecule has 0 aliphatic carbocycles. The number of amides is 1. The normalized spacial score (nSPS) is 11.9. The van der Waals surface area contributed by atoms with Crippen LogP contribution in [0.1, 0.15) is 44.4 Å². The number of aryl methyl sites for hydroxylation is 2. The van der Waals surface area contributed by atoms with E-state index in [1.54, 1.807) is 6.20 Å². The number of carboxylic acid groups (broad SMARTS) is 1. The van der Waals surface area contributed by atoms with E-state index in [2.05, 4.69) is 49.9 Å². The number of hydrogen-bond donors (Lipinski definition) is 4. The number of unbranched alkanes of at least 4 members (excludes halogenated alkanes) is 1. The predicted octanol–water partition coefficient (Wildman–Crippen LogP) is 3.35. The zero-order valence-corrected chi connectivity index (χ0v) is 22.5. The monoisotopic (exact) mass is 521 g/mol. The fourth-order valence-electron chi connectivity index (χ4n) is 4.31. The van der Waals surface area contributed by atoms with Gasteiger partial charge in [0.1, 0.15) is 17.7 Å². The molecule has 2 heterocycles. The largest absolute Gasteiger partial charge is 0.480 e. The van der Waals surface area contributed by atoms with E-state index < -0.39 is 12.0 Å². The summed E-state index contributed by atoms with van der Waals surface area (Å²) < 4.78 is 0. The molecule has 0 aliphatic heterocycles. The fourth-order valence-corrected chi connectivity index (χ4v) is 4.31. The average Bonchev–Trinajstić information content (AvgIpc) is 2.92. The number of rotatable bonds is 16. The van der Waals surface area contributed by atoms with Crippen molar-refractivity contribution in [1.29, 1.82) is 0 Å². The van der Waals surface area contributed by atoms with Gasteiger partial charge in [-0.2, -0.15) is 0 Å². The molecular formula is C28H39N7O3. The first-order chi connectivity index (χ1) is 18.4. The molecule has 38 heavy (non-hydrogen) atoms. The molecule has 1 atom stereocenters. The Morgan fingerprint density at radius 2 is 1.82 bits per heavy atom. The number of anilines is 2. The molecule has 1 unspecified atom stereocenters. The van der Waals surface area contributed by atoms with Crippen molar-refractivity contribution in [3.05, 3.63) is 53.9 Å². The zero-order valence-electron chi connectivity index (χ0n) is 22.5. The Bertz CT molecular complexity index is 1200. The number of hydrogen-bond acceptors (Lipinski definition) is 8. The number of nitrogens with one attached hydrogen (secondary N) is 3. The maximum absolute atomic E-state index is 12.0. The minimum absolute atomic E-state index is 0.0770. The summed E-state index contributed by atoms with van der Waals surface area (Å²) in [5.74, 6) is 0.351. The van der Waals surface area contributed by atoms with Gasteiger partial charge in [0.25, 0.3) is 0 Å². The van der Waals surface area contributed by atoms with Crippen molar-refractivity contribution in [2.24, 2.45) is 0 Å². The van der Waals surface area contributed by atoms with E-state index in [1.807, 2.05) is 31.3 Å². The molecule has 0 radical (unpaired) electrons. The number of fused-ring (bicyclic) bond motifs is 1. The first kappa shape index (κ1) is 28.8. The third kappa shape index (κ3) is 8.95. The number of nitrogens with zero attached hydrogens (tertiary/aromatic N) is 4. The molecule has 10 heteroatoms. The highest BCUT2D eigenvalue weighted by Gasteiger charge is 2.19. The Balaban J connectivity index is 1.55. The Morgan fingerprint density at radius 3 is 2.53 bits per heavy atom. The van der Waals surface area contributed by atoms with Gasteiger partial charge < -0.3 is 26.0 Å². The van der Waals surface area contributed by atoms with Gasteiger partial charge in [0.2, 0.25) is 5.91 Å². The van der Waals surface area contributed by atoms with Gasteiger partial charge in [-0.15, -0.1) is 0 Å². The van der Waals surface area contributed by atoms with Crippen LogP contribution in [0.5, 0.6) is 0 Å². The van der Waals surface area contributed by atoms with Crippen LogP contribution in [0, 0.1) is 0 Å². The van der Waals surface area contributed by atoms with E-state index in [1.165, 1.54) is 12.5 Å². The van der Waals surface area contributed by atoms with Crippen molar-refractivity contribution >= 4 is 34.5 Å². The Labute approximate surface area is 224 Å². The van der Waals surface area contributed by atoms with E-state index in [-0.39, 0.29) is 5.91 Å². The highest BCUT2D eigenvalue weighted by Crippen LogP contribution is 2.16. The number of benzene rings is 1. The van der Waals surface area contributed by atoms with Crippen LogP contribution in [0.25, 0.3) is 11.0 Å². The SMILES string of the molecule is CCc1ccc(CCCCN(CCNC(C)=O)CCC(Nc2cnc3ccccc3n2)C(=O)O)nc1NC. The number of aliphatic carboxylic acids is 1. The second-order valence-electron chi connectivity index (χ2n) is 9.26. The van der Waals surface area contributed by atoms with Crippen LogP contribution < -0.4 is 16.0 Å². The number of carboxylic acids is 1. The summed E-state index contributed by atoms with van der Waals surface area (Å²) in [7, 11) is 1.89. The van der Waals surface area contributed by atoms with Gasteiger partial charge >= 0.3 is 5.97 Å². The van der Waals surface area contributed by atoms with Crippen molar-refractivity contribution in [3.8, 4) is 0 Å². The minimum Gasteiger partial charge on any atom is -0.480 e. The van der Waals surface area contributed by atoms with Crippen molar-refractivity contribution in [1.82, 2.24) is 25.2 Å². The number of aromatic nitrogens is 3. The van der Waals surface area contributed by atoms with Crippen LogP contribution in [0.2, 0.25) is 0 Å². The summed E-state index contributed by atoms with van der Waals surface area (Å²) in [6.45, 7) is 6.14. The van der Waals surface area contributed by atoms with Gasteiger partial charge in [0.05, 0.1) is 17.2 Å². The van der Waals surface area contributed by atoms with Crippen molar-refractivity contribution in [3.63, 3.8) is 0 Å². The van der Waals surface area contributed by atoms with Crippen LogP contribution in [-0.4, -0.2) is 76.1 Å². The second kappa shape index (κ2) is 14.8.